The summed E-state index contributed by atoms with van der Waals surface area (Å²) in [4.78, 5) is 10.3. The molecule has 2 amide bonds. The molecule has 0 aliphatic carbocycles. The lowest BCUT2D eigenvalue weighted by Crippen LogP contribution is -2.24. The monoisotopic (exact) mass is 207 g/mol. The summed E-state index contributed by atoms with van der Waals surface area (Å²) < 4.78 is 4.97. The van der Waals surface area contributed by atoms with Crippen molar-refractivity contribution in [3.63, 3.8) is 0 Å². The molecule has 0 atom stereocenters. The summed E-state index contributed by atoms with van der Waals surface area (Å²) in [5.74, 6) is 0. The van der Waals surface area contributed by atoms with E-state index in [-0.39, 0.29) is 0 Å². The van der Waals surface area contributed by atoms with Gasteiger partial charge in [-0.2, -0.15) is 5.10 Å². The number of amides is 2. The Kier molecular flexibility index (Phi) is 4.30. The third kappa shape index (κ3) is 4.24. The van der Waals surface area contributed by atoms with E-state index in [0.29, 0.717) is 6.61 Å². The Morgan fingerprint density at radius 2 is 2.20 bits per heavy atom. The molecular weight excluding hydrogens is 194 g/mol. The number of hydrogen-bond donors (Lipinski definition) is 2. The molecule has 0 saturated carbocycles. The van der Waals surface area contributed by atoms with Crippen molar-refractivity contribution in [1.82, 2.24) is 5.43 Å². The van der Waals surface area contributed by atoms with Crippen LogP contribution in [0.2, 0.25) is 0 Å². The maximum Gasteiger partial charge on any atom is 0.332 e. The van der Waals surface area contributed by atoms with E-state index in [1.165, 1.54) is 6.21 Å². The van der Waals surface area contributed by atoms with Crippen LogP contribution < -0.4 is 11.2 Å². The van der Waals surface area contributed by atoms with Crippen molar-refractivity contribution >= 4 is 12.2 Å². The summed E-state index contributed by atoms with van der Waals surface area (Å²) in [6.07, 6.45) is 1.52. The molecule has 0 heterocycles. The smallest absolute Gasteiger partial charge is 0.332 e. The van der Waals surface area contributed by atoms with Gasteiger partial charge in [0.25, 0.3) is 0 Å². The van der Waals surface area contributed by atoms with Crippen molar-refractivity contribution < 1.29 is 9.53 Å². The van der Waals surface area contributed by atoms with Crippen LogP contribution in [0.4, 0.5) is 4.79 Å². The number of urea groups is 1. The first-order valence-corrected chi connectivity index (χ1v) is 4.39. The summed E-state index contributed by atoms with van der Waals surface area (Å²) in [5, 5.41) is 3.64. The second-order valence-electron chi connectivity index (χ2n) is 2.91. The van der Waals surface area contributed by atoms with Crippen LogP contribution in [0.5, 0.6) is 0 Å². The maximum atomic E-state index is 10.3. The lowest BCUT2D eigenvalue weighted by Gasteiger charge is -1.99. The van der Waals surface area contributed by atoms with Crippen LogP contribution in [-0.4, -0.2) is 19.4 Å². The number of carbonyl (C=O) groups is 1. The number of rotatable bonds is 4. The highest BCUT2D eigenvalue weighted by Crippen LogP contribution is 2.03. The second kappa shape index (κ2) is 5.77. The Hall–Kier alpha value is -1.88. The van der Waals surface area contributed by atoms with Crippen LogP contribution in [0.3, 0.4) is 0 Å². The van der Waals surface area contributed by atoms with E-state index < -0.39 is 6.03 Å². The van der Waals surface area contributed by atoms with Crippen molar-refractivity contribution in [2.24, 2.45) is 10.8 Å². The number of nitrogens with one attached hydrogen (secondary N) is 1. The quantitative estimate of drug-likeness (QED) is 0.566. The molecule has 1 aromatic carbocycles. The molecule has 1 aromatic rings. The van der Waals surface area contributed by atoms with E-state index in [2.05, 4.69) is 10.5 Å². The fraction of sp³-hybridized carbons (Fsp3) is 0.200. The van der Waals surface area contributed by atoms with E-state index in [1.54, 1.807) is 7.11 Å². The third-order valence-electron chi connectivity index (χ3n) is 1.68. The van der Waals surface area contributed by atoms with E-state index >= 15 is 0 Å². The van der Waals surface area contributed by atoms with Gasteiger partial charge in [-0.1, -0.05) is 24.3 Å². The first kappa shape index (κ1) is 11.2. The number of methoxy groups -OCH3 is 1. The van der Waals surface area contributed by atoms with Gasteiger partial charge in [0.1, 0.15) is 0 Å². The molecule has 5 nitrogen and oxygen atoms in total. The summed E-state index contributed by atoms with van der Waals surface area (Å²) in [6.45, 7) is 0.580. The molecule has 0 unspecified atom stereocenters. The number of nitrogens with zero attached hydrogens (tertiary/aromatic N) is 1. The van der Waals surface area contributed by atoms with Gasteiger partial charge in [0.2, 0.25) is 0 Å². The van der Waals surface area contributed by atoms with Crippen LogP contribution >= 0.6 is 0 Å². The molecule has 1 rings (SSSR count). The Morgan fingerprint density at radius 1 is 1.53 bits per heavy atom. The average molecular weight is 207 g/mol. The summed E-state index contributed by atoms with van der Waals surface area (Å²) >= 11 is 0. The van der Waals surface area contributed by atoms with Gasteiger partial charge in [0.15, 0.2) is 0 Å². The van der Waals surface area contributed by atoms with Gasteiger partial charge >= 0.3 is 6.03 Å². The van der Waals surface area contributed by atoms with Gasteiger partial charge in [0, 0.05) is 7.11 Å². The highest BCUT2D eigenvalue weighted by molar-refractivity contribution is 5.81. The molecule has 0 saturated heterocycles. The number of primary amides is 1. The molecular formula is C10H13N3O2. The van der Waals surface area contributed by atoms with E-state index in [0.717, 1.165) is 11.1 Å². The number of ether oxygens (including phenoxy) is 1. The van der Waals surface area contributed by atoms with Crippen molar-refractivity contribution in [2.75, 3.05) is 7.11 Å². The van der Waals surface area contributed by atoms with Crippen molar-refractivity contribution in [1.29, 1.82) is 0 Å². The Balaban J connectivity index is 2.56. The van der Waals surface area contributed by atoms with Gasteiger partial charge in [0.05, 0.1) is 12.8 Å². The highest BCUT2D eigenvalue weighted by Gasteiger charge is 1.92. The van der Waals surface area contributed by atoms with Gasteiger partial charge < -0.3 is 10.5 Å². The predicted octanol–water partition coefficient (Wildman–Crippen LogP) is 0.835. The Bertz CT molecular complexity index is 346. The highest BCUT2D eigenvalue weighted by atomic mass is 16.5. The van der Waals surface area contributed by atoms with E-state index in [1.807, 2.05) is 24.3 Å². The fourth-order valence-corrected chi connectivity index (χ4v) is 1.04. The van der Waals surface area contributed by atoms with Crippen molar-refractivity contribution in [3.05, 3.63) is 35.4 Å². The topological polar surface area (TPSA) is 76.7 Å². The molecule has 15 heavy (non-hydrogen) atoms. The SMILES string of the molecule is COCc1ccc(C=NNC(N)=O)cc1. The standard InChI is InChI=1S/C10H13N3O2/c1-15-7-9-4-2-8(3-5-9)6-12-13-10(11)14/h2-6H,7H2,1H3,(H3,11,13,14). The normalized spacial score (nSPS) is 10.5. The minimum Gasteiger partial charge on any atom is -0.380 e. The number of carbonyl (C=O) groups excluding carboxylic acids is 1. The zero-order valence-corrected chi connectivity index (χ0v) is 8.43. The molecule has 0 bridgehead atoms. The zero-order valence-electron chi connectivity index (χ0n) is 8.43. The van der Waals surface area contributed by atoms with Crippen LogP contribution in [0.1, 0.15) is 11.1 Å². The Labute approximate surface area is 87.9 Å². The van der Waals surface area contributed by atoms with Crippen molar-refractivity contribution in [3.8, 4) is 0 Å². The van der Waals surface area contributed by atoms with Crippen LogP contribution in [0, 0.1) is 0 Å². The minimum absolute atomic E-state index is 0.580. The van der Waals surface area contributed by atoms with Gasteiger partial charge in [-0.15, -0.1) is 0 Å². The predicted molar refractivity (Wildman–Crippen MR) is 57.5 cm³/mol. The lowest BCUT2D eigenvalue weighted by molar-refractivity contribution is 0.185. The molecule has 0 aliphatic rings. The maximum absolute atomic E-state index is 10.3. The fourth-order valence-electron chi connectivity index (χ4n) is 1.04. The molecule has 0 radical (unpaired) electrons. The second-order valence-corrected chi connectivity index (χ2v) is 2.91. The van der Waals surface area contributed by atoms with Crippen LogP contribution in [0.25, 0.3) is 0 Å². The summed E-state index contributed by atoms with van der Waals surface area (Å²) in [5.41, 5.74) is 8.92. The molecule has 0 spiro atoms. The van der Waals surface area contributed by atoms with E-state index in [4.69, 9.17) is 10.5 Å². The van der Waals surface area contributed by atoms with Crippen LogP contribution in [-0.2, 0) is 11.3 Å². The Morgan fingerprint density at radius 3 is 2.73 bits per heavy atom. The van der Waals surface area contributed by atoms with Crippen molar-refractivity contribution in [2.45, 2.75) is 6.61 Å². The summed E-state index contributed by atoms with van der Waals surface area (Å²) in [7, 11) is 1.64. The number of hydrazone groups is 1. The van der Waals surface area contributed by atoms with Crippen LogP contribution in [0.15, 0.2) is 29.4 Å². The van der Waals surface area contributed by atoms with Gasteiger partial charge in [-0.3, -0.25) is 0 Å². The molecule has 0 aromatic heterocycles. The largest absolute Gasteiger partial charge is 0.380 e. The molecule has 80 valence electrons. The first-order chi connectivity index (χ1) is 7.22. The number of benzene rings is 1. The van der Waals surface area contributed by atoms with Gasteiger partial charge in [-0.25, -0.2) is 10.2 Å². The zero-order chi connectivity index (χ0) is 11.1. The first-order valence-electron chi connectivity index (χ1n) is 4.39. The third-order valence-corrected chi connectivity index (χ3v) is 1.68. The number of nitrogens with two attached hydrogens (primary N) is 1. The molecule has 3 N–H and O–H groups in total. The molecule has 0 fully saturated rings. The minimum atomic E-state index is -0.678. The average Bonchev–Trinajstić information content (AvgIpc) is 2.20. The summed E-state index contributed by atoms with van der Waals surface area (Å²) in [6, 6.07) is 6.92. The van der Waals surface area contributed by atoms with Gasteiger partial charge in [-0.05, 0) is 11.1 Å². The molecule has 0 aliphatic heterocycles. The lowest BCUT2D eigenvalue weighted by atomic mass is 10.1. The van der Waals surface area contributed by atoms with E-state index in [9.17, 15) is 4.79 Å². The number of hydrogen-bond acceptors (Lipinski definition) is 3. The molecule has 5 heteroatoms.